The zero-order valence-corrected chi connectivity index (χ0v) is 35.4. The molecule has 59 heavy (non-hydrogen) atoms. The minimum Gasteiger partial charge on any atom is -0.508 e. The summed E-state index contributed by atoms with van der Waals surface area (Å²) in [4.78, 5) is 63.7. The highest BCUT2D eigenvalue weighted by atomic mass is 16.3. The summed E-state index contributed by atoms with van der Waals surface area (Å²) in [7, 11) is 1.52. The normalized spacial score (nSPS) is 13.5. The van der Waals surface area contributed by atoms with Gasteiger partial charge < -0.3 is 69.7 Å². The molecule has 0 aromatic heterocycles. The third-order valence-electron chi connectivity index (χ3n) is 9.41. The number of urea groups is 5. The third kappa shape index (κ3) is 22.9. The molecular weight excluding hydrogens is 757 g/mol. The molecule has 0 saturated carbocycles. The van der Waals surface area contributed by atoms with Crippen LogP contribution in [-0.2, 0) is 12.8 Å². The van der Waals surface area contributed by atoms with E-state index in [1.807, 2.05) is 58.0 Å². The number of carbonyl (C=O) groups is 5. The van der Waals surface area contributed by atoms with E-state index in [9.17, 15) is 29.1 Å². The number of nitrogens with two attached hydrogens (primary N) is 2. The van der Waals surface area contributed by atoms with Crippen LogP contribution in [0.3, 0.4) is 0 Å². The Labute approximate surface area is 349 Å². The van der Waals surface area contributed by atoms with Crippen LogP contribution in [0.4, 0.5) is 24.0 Å². The summed E-state index contributed by atoms with van der Waals surface area (Å²) in [6.45, 7) is 9.32. The summed E-state index contributed by atoms with van der Waals surface area (Å²) < 4.78 is 0. The minimum atomic E-state index is -0.448. The molecule has 0 spiro atoms. The molecule has 0 saturated heterocycles. The fourth-order valence-electron chi connectivity index (χ4n) is 6.15. The molecule has 18 nitrogen and oxygen atoms in total. The van der Waals surface area contributed by atoms with Crippen molar-refractivity contribution in [3.05, 3.63) is 65.7 Å². The highest BCUT2D eigenvalue weighted by Gasteiger charge is 2.22. The number of phenols is 1. The average Bonchev–Trinajstić information content (AvgIpc) is 3.19. The maximum Gasteiger partial charge on any atom is 0.315 e. The highest BCUT2D eigenvalue weighted by molar-refractivity contribution is 5.77. The van der Waals surface area contributed by atoms with Gasteiger partial charge in [-0.1, -0.05) is 76.6 Å². The molecule has 0 bridgehead atoms. The molecule has 0 aliphatic heterocycles. The van der Waals surface area contributed by atoms with Crippen LogP contribution < -0.4 is 64.6 Å². The van der Waals surface area contributed by atoms with Crippen LogP contribution in [0.2, 0.25) is 0 Å². The predicted molar refractivity (Wildman–Crippen MR) is 231 cm³/mol. The predicted octanol–water partition coefficient (Wildman–Crippen LogP) is 1.94. The van der Waals surface area contributed by atoms with Crippen LogP contribution in [-0.4, -0.2) is 112 Å². The molecule has 2 rings (SSSR count). The first-order valence-electron chi connectivity index (χ1n) is 20.6. The zero-order chi connectivity index (χ0) is 43.6. The van der Waals surface area contributed by atoms with Gasteiger partial charge in [-0.25, -0.2) is 24.0 Å². The number of amides is 10. The molecule has 5 atom stereocenters. The third-order valence-corrected chi connectivity index (χ3v) is 9.41. The molecule has 330 valence electrons. The molecule has 15 N–H and O–H groups in total. The summed E-state index contributed by atoms with van der Waals surface area (Å²) in [5.41, 5.74) is 13.8. The van der Waals surface area contributed by atoms with Gasteiger partial charge in [0, 0.05) is 57.9 Å². The van der Waals surface area contributed by atoms with Gasteiger partial charge in [-0.05, 0) is 73.7 Å². The van der Waals surface area contributed by atoms with Gasteiger partial charge in [-0.2, -0.15) is 0 Å². The van der Waals surface area contributed by atoms with Gasteiger partial charge in [0.2, 0.25) is 0 Å². The molecule has 2 aromatic rings. The number of benzene rings is 2. The Morgan fingerprint density at radius 3 is 1.69 bits per heavy atom. The lowest BCUT2D eigenvalue weighted by atomic mass is 10.0. The van der Waals surface area contributed by atoms with E-state index in [0.717, 1.165) is 24.0 Å². The van der Waals surface area contributed by atoms with E-state index in [0.29, 0.717) is 32.2 Å². The smallest absolute Gasteiger partial charge is 0.315 e. The van der Waals surface area contributed by atoms with E-state index in [4.69, 9.17) is 11.5 Å². The van der Waals surface area contributed by atoms with Gasteiger partial charge in [-0.3, -0.25) is 0 Å². The molecule has 0 aliphatic carbocycles. The van der Waals surface area contributed by atoms with Gasteiger partial charge >= 0.3 is 30.2 Å². The van der Waals surface area contributed by atoms with E-state index in [1.165, 1.54) is 7.05 Å². The first kappa shape index (κ1) is 49.7. The summed E-state index contributed by atoms with van der Waals surface area (Å²) >= 11 is 0. The van der Waals surface area contributed by atoms with Crippen molar-refractivity contribution in [3.63, 3.8) is 0 Å². The van der Waals surface area contributed by atoms with Crippen molar-refractivity contribution in [1.29, 1.82) is 0 Å². The Bertz CT molecular complexity index is 1530. The minimum absolute atomic E-state index is 0.0258. The molecule has 0 radical (unpaired) electrons. The molecule has 0 unspecified atom stereocenters. The molecule has 0 heterocycles. The van der Waals surface area contributed by atoms with Crippen molar-refractivity contribution < 1.29 is 29.1 Å². The van der Waals surface area contributed by atoms with Crippen molar-refractivity contribution in [2.75, 3.05) is 46.3 Å². The lowest BCUT2D eigenvalue weighted by molar-refractivity contribution is 0.221. The summed E-state index contributed by atoms with van der Waals surface area (Å²) in [6.07, 6.45) is 3.72. The van der Waals surface area contributed by atoms with Crippen molar-refractivity contribution in [2.24, 2.45) is 23.3 Å². The quantitative estimate of drug-likeness (QED) is 0.0656. The van der Waals surface area contributed by atoms with Gasteiger partial charge in [0.1, 0.15) is 5.75 Å². The molecular formula is C41H70N12O6. The average molecular weight is 827 g/mol. The Balaban J connectivity index is 1.87. The second-order valence-corrected chi connectivity index (χ2v) is 15.6. The lowest BCUT2D eigenvalue weighted by Gasteiger charge is -2.26. The standard InChI is InChI=1S/C41H70N12O6/c1-27(2)19-33(51-39(57)47-23-32(13-9-10-18-42)50-38(56)45-22-31(43)20-30-14-16-35(54)17-15-30)24-48-41(59)53-36(28(3)4)26-49-40(58)52-34(25-46-37(55)44-5)21-29-11-7-6-8-12-29/h6-8,11-12,14-17,27-28,31-34,36,54H,9-10,13,18-26,42-43H2,1-5H3,(H2,44,46,55)(H2,45,50,56)(H2,47,51,57)(H2,48,53,59)(H2,49,52,58)/t31-,32-,33-,34-,36+/m0/s1. The number of hydrogen-bond acceptors (Lipinski definition) is 8. The Hall–Kier alpha value is -5.49. The second kappa shape index (κ2) is 28.0. The number of phenolic OH excluding ortho intramolecular Hbond substituents is 1. The first-order chi connectivity index (χ1) is 28.2. The van der Waals surface area contributed by atoms with E-state index < -0.39 is 36.2 Å². The van der Waals surface area contributed by atoms with Crippen molar-refractivity contribution >= 4 is 30.2 Å². The number of rotatable bonds is 25. The van der Waals surface area contributed by atoms with Crippen molar-refractivity contribution in [3.8, 4) is 5.75 Å². The molecule has 18 heteroatoms. The maximum atomic E-state index is 13.1. The fraction of sp³-hybridized carbons (Fsp3) is 0.585. The van der Waals surface area contributed by atoms with Crippen molar-refractivity contribution in [2.45, 2.75) is 96.4 Å². The van der Waals surface area contributed by atoms with Gasteiger partial charge in [-0.15, -0.1) is 0 Å². The highest BCUT2D eigenvalue weighted by Crippen LogP contribution is 2.11. The lowest BCUT2D eigenvalue weighted by Crippen LogP contribution is -2.55. The van der Waals surface area contributed by atoms with Crippen LogP contribution in [0.5, 0.6) is 5.75 Å². The van der Waals surface area contributed by atoms with E-state index in [1.54, 1.807) is 24.3 Å². The van der Waals surface area contributed by atoms with Crippen LogP contribution in [0.25, 0.3) is 0 Å². The fourth-order valence-corrected chi connectivity index (χ4v) is 6.15. The van der Waals surface area contributed by atoms with E-state index in [2.05, 4.69) is 53.2 Å². The Morgan fingerprint density at radius 1 is 0.593 bits per heavy atom. The van der Waals surface area contributed by atoms with E-state index in [-0.39, 0.29) is 74.5 Å². The Kier molecular flexibility index (Phi) is 23.6. The summed E-state index contributed by atoms with van der Waals surface area (Å²) in [5, 5.41) is 37.8. The Morgan fingerprint density at radius 2 is 1.10 bits per heavy atom. The maximum absolute atomic E-state index is 13.1. The van der Waals surface area contributed by atoms with Crippen molar-refractivity contribution in [1.82, 2.24) is 53.2 Å². The largest absolute Gasteiger partial charge is 0.508 e. The number of aromatic hydroxyl groups is 1. The van der Waals surface area contributed by atoms with E-state index >= 15 is 0 Å². The van der Waals surface area contributed by atoms with Crippen LogP contribution in [0.15, 0.2) is 54.6 Å². The zero-order valence-electron chi connectivity index (χ0n) is 35.4. The second-order valence-electron chi connectivity index (χ2n) is 15.6. The number of nitrogens with one attached hydrogen (secondary N) is 10. The van der Waals surface area contributed by atoms with Gasteiger partial charge in [0.05, 0.1) is 12.1 Å². The summed E-state index contributed by atoms with van der Waals surface area (Å²) in [6, 6.07) is 12.4. The topological polar surface area (TPSA) is 278 Å². The summed E-state index contributed by atoms with van der Waals surface area (Å²) in [5.74, 6) is 0.355. The molecule has 0 aliphatic rings. The van der Waals surface area contributed by atoms with Crippen LogP contribution in [0, 0.1) is 11.8 Å². The SMILES string of the molecule is CNC(=O)NC[C@H](Cc1ccccc1)NC(=O)NC[C@@H](NC(=O)NC[C@H](CC(C)C)NC(=O)NC[C@H](CCCCN)NC(=O)NC[C@@H](N)Cc1ccc(O)cc1)C(C)C. The van der Waals surface area contributed by atoms with Gasteiger partial charge in [0.15, 0.2) is 0 Å². The first-order valence-corrected chi connectivity index (χ1v) is 20.6. The number of unbranched alkanes of at least 4 members (excludes halogenated alkanes) is 1. The molecule has 10 amide bonds. The molecule has 2 aromatic carbocycles. The van der Waals surface area contributed by atoms with Gasteiger partial charge in [0.25, 0.3) is 0 Å². The number of hydrogen-bond donors (Lipinski definition) is 13. The van der Waals surface area contributed by atoms with Crippen LogP contribution >= 0.6 is 0 Å². The number of carbonyl (C=O) groups excluding carboxylic acids is 5. The van der Waals surface area contributed by atoms with Crippen LogP contribution in [0.1, 0.15) is 64.5 Å². The monoisotopic (exact) mass is 827 g/mol. The molecule has 0 fully saturated rings.